The maximum atomic E-state index is 6.48. The molecule has 1 aliphatic carbocycles. The van der Waals surface area contributed by atoms with Crippen molar-refractivity contribution >= 4 is 52.1 Å². The highest BCUT2D eigenvalue weighted by molar-refractivity contribution is 6.44. The van der Waals surface area contributed by atoms with E-state index in [1.165, 1.54) is 0 Å². The van der Waals surface area contributed by atoms with Crippen molar-refractivity contribution in [2.24, 2.45) is 5.92 Å². The van der Waals surface area contributed by atoms with Crippen LogP contribution in [0.4, 0.5) is 5.69 Å². The van der Waals surface area contributed by atoms with E-state index in [2.05, 4.69) is 23.5 Å². The number of rotatable bonds is 1. The fourth-order valence-corrected chi connectivity index (χ4v) is 4.76. The third-order valence-electron chi connectivity index (χ3n) is 4.72. The molecule has 0 radical (unpaired) electrons. The summed E-state index contributed by atoms with van der Waals surface area (Å²) in [5.74, 6) is 0.533. The Kier molecular flexibility index (Phi) is 4.01. The number of nitrogens with one attached hydrogen (secondary N) is 1. The van der Waals surface area contributed by atoms with Gasteiger partial charge in [-0.1, -0.05) is 76.8 Å². The number of hydrogen-bond donors (Lipinski definition) is 1. The maximum absolute atomic E-state index is 6.48. The van der Waals surface area contributed by atoms with Crippen LogP contribution >= 0.6 is 46.4 Å². The van der Waals surface area contributed by atoms with Crippen LogP contribution in [0.5, 0.6) is 0 Å². The van der Waals surface area contributed by atoms with Gasteiger partial charge in [0.2, 0.25) is 0 Å². The number of halogens is 4. The molecule has 0 saturated carbocycles. The smallest absolute Gasteiger partial charge is 0.0656 e. The van der Waals surface area contributed by atoms with E-state index in [1.54, 1.807) is 6.07 Å². The van der Waals surface area contributed by atoms with Gasteiger partial charge in [0.05, 0.1) is 26.8 Å². The van der Waals surface area contributed by atoms with Crippen LogP contribution in [-0.2, 0) is 0 Å². The van der Waals surface area contributed by atoms with E-state index in [1.807, 2.05) is 18.2 Å². The summed E-state index contributed by atoms with van der Waals surface area (Å²) >= 11 is 25.6. The first-order chi connectivity index (χ1) is 11.1. The van der Waals surface area contributed by atoms with Crippen molar-refractivity contribution in [3.8, 4) is 0 Å². The average Bonchev–Trinajstić information content (AvgIpc) is 3.01. The minimum absolute atomic E-state index is 0.0888. The Labute approximate surface area is 155 Å². The summed E-state index contributed by atoms with van der Waals surface area (Å²) in [5.41, 5.74) is 2.94. The minimum Gasteiger partial charge on any atom is -0.376 e. The Bertz CT molecular complexity index is 815. The molecule has 3 atom stereocenters. The average molecular weight is 385 g/mol. The van der Waals surface area contributed by atoms with Crippen molar-refractivity contribution in [1.82, 2.24) is 0 Å². The molecule has 2 aliphatic rings. The molecule has 0 aromatic heterocycles. The molecule has 2 aromatic carbocycles. The largest absolute Gasteiger partial charge is 0.376 e. The third kappa shape index (κ3) is 2.46. The normalized spacial score (nSPS) is 25.0. The van der Waals surface area contributed by atoms with Crippen LogP contribution in [0.15, 0.2) is 42.5 Å². The summed E-state index contributed by atoms with van der Waals surface area (Å²) in [7, 11) is 0. The Morgan fingerprint density at radius 1 is 0.957 bits per heavy atom. The molecule has 0 bridgehead atoms. The van der Waals surface area contributed by atoms with Gasteiger partial charge in [0.15, 0.2) is 0 Å². The second-order valence-electron chi connectivity index (χ2n) is 5.94. The van der Waals surface area contributed by atoms with Crippen molar-refractivity contribution in [3.63, 3.8) is 0 Å². The molecule has 0 spiro atoms. The Hall–Kier alpha value is -0.860. The molecule has 1 aliphatic heterocycles. The zero-order valence-corrected chi connectivity index (χ0v) is 15.0. The predicted molar refractivity (Wildman–Crippen MR) is 99.3 cm³/mol. The first-order valence-corrected chi connectivity index (χ1v) is 8.94. The fourth-order valence-electron chi connectivity index (χ4n) is 3.70. The zero-order valence-electron chi connectivity index (χ0n) is 12.0. The Morgan fingerprint density at radius 3 is 2.52 bits per heavy atom. The SMILES string of the molecule is Clc1ccccc1C1Nc2c(Cl)cc(Cl)c(Cl)c2C2C=CCC21. The molecule has 3 unspecified atom stereocenters. The number of hydrogen-bond acceptors (Lipinski definition) is 1. The van der Waals surface area contributed by atoms with Crippen LogP contribution in [0.1, 0.15) is 29.5 Å². The molecular formula is C18H13Cl4N. The Morgan fingerprint density at radius 2 is 1.74 bits per heavy atom. The van der Waals surface area contributed by atoms with Crippen LogP contribution < -0.4 is 5.32 Å². The van der Waals surface area contributed by atoms with E-state index < -0.39 is 0 Å². The standard InChI is InChI=1S/C18H13Cl4N/c19-12-7-2-1-4-11(12)17-10-6-3-5-9(10)15-16(22)13(20)8-14(21)18(15)23-17/h1-5,7-10,17,23H,6H2. The van der Waals surface area contributed by atoms with Gasteiger partial charge in [-0.3, -0.25) is 0 Å². The molecule has 1 N–H and O–H groups in total. The van der Waals surface area contributed by atoms with Gasteiger partial charge in [-0.25, -0.2) is 0 Å². The number of fused-ring (bicyclic) bond motifs is 3. The van der Waals surface area contributed by atoms with Gasteiger partial charge in [0, 0.05) is 16.5 Å². The summed E-state index contributed by atoms with van der Waals surface area (Å²) in [6.45, 7) is 0. The highest BCUT2D eigenvalue weighted by atomic mass is 35.5. The Balaban J connectivity index is 1.90. The lowest BCUT2D eigenvalue weighted by atomic mass is 9.77. The molecule has 0 amide bonds. The molecular weight excluding hydrogens is 372 g/mol. The van der Waals surface area contributed by atoms with Gasteiger partial charge in [-0.2, -0.15) is 0 Å². The molecule has 1 nitrogen and oxygen atoms in total. The van der Waals surface area contributed by atoms with Crippen LogP contribution in [0.3, 0.4) is 0 Å². The van der Waals surface area contributed by atoms with Gasteiger partial charge >= 0.3 is 0 Å². The first-order valence-electron chi connectivity index (χ1n) is 7.43. The first kappa shape index (κ1) is 15.7. The van der Waals surface area contributed by atoms with Gasteiger partial charge in [0.25, 0.3) is 0 Å². The van der Waals surface area contributed by atoms with E-state index in [9.17, 15) is 0 Å². The third-order valence-corrected chi connectivity index (χ3v) is 6.17. The van der Waals surface area contributed by atoms with E-state index in [0.29, 0.717) is 21.0 Å². The molecule has 0 saturated heterocycles. The molecule has 23 heavy (non-hydrogen) atoms. The molecule has 2 aromatic rings. The lowest BCUT2D eigenvalue weighted by Crippen LogP contribution is -2.29. The van der Waals surface area contributed by atoms with Gasteiger partial charge in [0.1, 0.15) is 0 Å². The van der Waals surface area contributed by atoms with Crippen LogP contribution in [0.2, 0.25) is 20.1 Å². The quantitative estimate of drug-likeness (QED) is 0.407. The highest BCUT2D eigenvalue weighted by Crippen LogP contribution is 2.55. The second-order valence-corrected chi connectivity index (χ2v) is 7.54. The summed E-state index contributed by atoms with van der Waals surface area (Å²) in [4.78, 5) is 0. The molecule has 118 valence electrons. The summed E-state index contributed by atoms with van der Waals surface area (Å²) < 4.78 is 0. The van der Waals surface area contributed by atoms with E-state index in [0.717, 1.165) is 28.3 Å². The van der Waals surface area contributed by atoms with Crippen molar-refractivity contribution in [3.05, 3.63) is 73.7 Å². The molecule has 4 rings (SSSR count). The molecule has 5 heteroatoms. The fraction of sp³-hybridized carbons (Fsp3) is 0.222. The number of anilines is 1. The van der Waals surface area contributed by atoms with E-state index in [-0.39, 0.29) is 12.0 Å². The highest BCUT2D eigenvalue weighted by Gasteiger charge is 2.41. The maximum Gasteiger partial charge on any atom is 0.0656 e. The van der Waals surface area contributed by atoms with E-state index in [4.69, 9.17) is 46.4 Å². The minimum atomic E-state index is 0.0888. The van der Waals surface area contributed by atoms with Gasteiger partial charge in [-0.15, -0.1) is 0 Å². The second kappa shape index (κ2) is 5.89. The van der Waals surface area contributed by atoms with Crippen molar-refractivity contribution < 1.29 is 0 Å². The summed E-state index contributed by atoms with van der Waals surface area (Å²) in [5, 5.41) is 5.98. The predicted octanol–water partition coefficient (Wildman–Crippen LogP) is 7.13. The van der Waals surface area contributed by atoms with Crippen molar-refractivity contribution in [2.75, 3.05) is 5.32 Å². The molecule has 0 fully saturated rings. The summed E-state index contributed by atoms with van der Waals surface area (Å²) in [6, 6.07) is 9.71. The molecule has 1 heterocycles. The number of benzene rings is 2. The van der Waals surface area contributed by atoms with Crippen LogP contribution in [0.25, 0.3) is 0 Å². The lowest BCUT2D eigenvalue weighted by Gasteiger charge is -2.39. The van der Waals surface area contributed by atoms with E-state index >= 15 is 0 Å². The van der Waals surface area contributed by atoms with Gasteiger partial charge < -0.3 is 5.32 Å². The van der Waals surface area contributed by atoms with Gasteiger partial charge in [-0.05, 0) is 30.0 Å². The topological polar surface area (TPSA) is 12.0 Å². The summed E-state index contributed by atoms with van der Waals surface area (Å²) in [6.07, 6.45) is 5.36. The monoisotopic (exact) mass is 383 g/mol. The number of allylic oxidation sites excluding steroid dienone is 2. The zero-order chi connectivity index (χ0) is 16.1. The lowest BCUT2D eigenvalue weighted by molar-refractivity contribution is 0.426. The van der Waals surface area contributed by atoms with Crippen molar-refractivity contribution in [1.29, 1.82) is 0 Å². The van der Waals surface area contributed by atoms with Crippen LogP contribution in [-0.4, -0.2) is 0 Å². The van der Waals surface area contributed by atoms with Crippen LogP contribution in [0, 0.1) is 5.92 Å². The van der Waals surface area contributed by atoms with Crippen molar-refractivity contribution in [2.45, 2.75) is 18.4 Å².